The van der Waals surface area contributed by atoms with Crippen LogP contribution in [-0.2, 0) is 11.3 Å². The number of anilines is 1. The Balaban J connectivity index is 1.55. The summed E-state index contributed by atoms with van der Waals surface area (Å²) in [5.74, 6) is -0.413. The number of ether oxygens (including phenoxy) is 1. The molecule has 2 amide bonds. The van der Waals surface area contributed by atoms with E-state index in [4.69, 9.17) is 16.3 Å². The predicted molar refractivity (Wildman–Crippen MR) is 99.6 cm³/mol. The van der Waals surface area contributed by atoms with Crippen molar-refractivity contribution < 1.29 is 14.3 Å². The van der Waals surface area contributed by atoms with Gasteiger partial charge in [0, 0.05) is 30.4 Å². The van der Waals surface area contributed by atoms with Crippen LogP contribution in [0.5, 0.6) is 0 Å². The first-order valence-electron chi connectivity index (χ1n) is 8.71. The van der Waals surface area contributed by atoms with E-state index in [2.05, 4.69) is 5.32 Å². The molecule has 1 N–H and O–H groups in total. The Hall–Kier alpha value is -2.37. The molecule has 0 unspecified atom stereocenters. The van der Waals surface area contributed by atoms with Crippen molar-refractivity contribution in [2.75, 3.05) is 18.5 Å². The second-order valence-electron chi connectivity index (χ2n) is 6.62. The highest BCUT2D eigenvalue weighted by atomic mass is 35.5. The van der Waals surface area contributed by atoms with Gasteiger partial charge in [-0.3, -0.25) is 9.59 Å². The summed E-state index contributed by atoms with van der Waals surface area (Å²) >= 11 is 5.97. The topological polar surface area (TPSA) is 58.6 Å². The lowest BCUT2D eigenvalue weighted by atomic mass is 10.0. The van der Waals surface area contributed by atoms with E-state index in [1.807, 2.05) is 12.1 Å². The van der Waals surface area contributed by atoms with E-state index in [-0.39, 0.29) is 17.9 Å². The quantitative estimate of drug-likeness (QED) is 0.892. The van der Waals surface area contributed by atoms with E-state index >= 15 is 0 Å². The van der Waals surface area contributed by atoms with Gasteiger partial charge in [-0.1, -0.05) is 29.8 Å². The number of hydrogen-bond donors (Lipinski definition) is 1. The van der Waals surface area contributed by atoms with Gasteiger partial charge >= 0.3 is 0 Å². The summed E-state index contributed by atoms with van der Waals surface area (Å²) in [6.45, 7) is 1.85. The van der Waals surface area contributed by atoms with Gasteiger partial charge in [-0.05, 0) is 42.7 Å². The minimum absolute atomic E-state index is 0.0944. The summed E-state index contributed by atoms with van der Waals surface area (Å²) in [7, 11) is 0. The van der Waals surface area contributed by atoms with Crippen molar-refractivity contribution in [1.29, 1.82) is 0 Å². The molecule has 2 aliphatic rings. The first-order chi connectivity index (χ1) is 12.6. The van der Waals surface area contributed by atoms with Gasteiger partial charge < -0.3 is 15.0 Å². The Labute approximate surface area is 156 Å². The molecule has 6 heteroatoms. The van der Waals surface area contributed by atoms with E-state index in [9.17, 15) is 9.59 Å². The monoisotopic (exact) mass is 370 g/mol. The number of rotatable bonds is 4. The van der Waals surface area contributed by atoms with Crippen molar-refractivity contribution in [2.45, 2.75) is 25.5 Å². The first-order valence-corrected chi connectivity index (χ1v) is 9.09. The minimum atomic E-state index is -0.309. The number of amides is 2. The maximum absolute atomic E-state index is 12.9. The van der Waals surface area contributed by atoms with Crippen LogP contribution >= 0.6 is 11.6 Å². The Kier molecular flexibility index (Phi) is 4.66. The van der Waals surface area contributed by atoms with E-state index in [1.165, 1.54) is 0 Å². The number of hydrogen-bond acceptors (Lipinski definition) is 3. The molecule has 0 spiro atoms. The first kappa shape index (κ1) is 17.1. The van der Waals surface area contributed by atoms with Crippen molar-refractivity contribution in [3.05, 3.63) is 64.2 Å². The molecule has 0 bridgehead atoms. The molecule has 1 fully saturated rings. The second kappa shape index (κ2) is 7.09. The molecule has 2 aliphatic heterocycles. The van der Waals surface area contributed by atoms with E-state index < -0.39 is 0 Å². The summed E-state index contributed by atoms with van der Waals surface area (Å²) in [4.78, 5) is 27.4. The SMILES string of the molecule is O=C(Nc1cccc(Cl)c1)c1cccc2c1C(=O)N(C[C@@H]1CCCO1)C2. The van der Waals surface area contributed by atoms with Crippen LogP contribution in [0.4, 0.5) is 5.69 Å². The van der Waals surface area contributed by atoms with Crippen molar-refractivity contribution in [3.63, 3.8) is 0 Å². The van der Waals surface area contributed by atoms with Crippen molar-refractivity contribution in [2.24, 2.45) is 0 Å². The molecule has 1 saturated heterocycles. The molecule has 0 aliphatic carbocycles. The van der Waals surface area contributed by atoms with Gasteiger partial charge in [-0.25, -0.2) is 0 Å². The van der Waals surface area contributed by atoms with Crippen molar-refractivity contribution in [1.82, 2.24) is 4.90 Å². The van der Waals surface area contributed by atoms with Crippen LogP contribution in [0.2, 0.25) is 5.02 Å². The third kappa shape index (κ3) is 3.32. The number of carbonyl (C=O) groups excluding carboxylic acids is 2. The molecule has 4 rings (SSSR count). The zero-order valence-electron chi connectivity index (χ0n) is 14.2. The van der Waals surface area contributed by atoms with Crippen molar-refractivity contribution in [3.8, 4) is 0 Å². The summed E-state index contributed by atoms with van der Waals surface area (Å²) in [6, 6.07) is 12.3. The van der Waals surface area contributed by atoms with E-state index in [0.717, 1.165) is 25.0 Å². The normalized spacial score (nSPS) is 18.9. The highest BCUT2D eigenvalue weighted by Crippen LogP contribution is 2.28. The van der Waals surface area contributed by atoms with Crippen LogP contribution < -0.4 is 5.32 Å². The van der Waals surface area contributed by atoms with Gasteiger partial charge in [0.2, 0.25) is 0 Å². The molecule has 2 aromatic carbocycles. The molecule has 0 aromatic heterocycles. The molecular formula is C20H19ClN2O3. The van der Waals surface area contributed by atoms with E-state index in [1.54, 1.807) is 35.2 Å². The van der Waals surface area contributed by atoms with Gasteiger partial charge in [0.15, 0.2) is 0 Å². The average molecular weight is 371 g/mol. The van der Waals surface area contributed by atoms with Crippen molar-refractivity contribution >= 4 is 29.1 Å². The third-order valence-electron chi connectivity index (χ3n) is 4.79. The Morgan fingerprint density at radius 3 is 2.88 bits per heavy atom. The Morgan fingerprint density at radius 1 is 1.27 bits per heavy atom. The smallest absolute Gasteiger partial charge is 0.256 e. The maximum atomic E-state index is 12.9. The lowest BCUT2D eigenvalue weighted by Crippen LogP contribution is -2.32. The zero-order chi connectivity index (χ0) is 18.1. The highest BCUT2D eigenvalue weighted by molar-refractivity contribution is 6.31. The molecule has 1 atom stereocenters. The van der Waals surface area contributed by atoms with Gasteiger partial charge in [0.25, 0.3) is 11.8 Å². The van der Waals surface area contributed by atoms with E-state index in [0.29, 0.717) is 34.9 Å². The standard InChI is InChI=1S/C20H19ClN2O3/c21-14-5-2-6-15(10-14)22-19(24)17-8-1-4-13-11-23(20(25)18(13)17)12-16-7-3-9-26-16/h1-2,4-6,8,10,16H,3,7,9,11-12H2,(H,22,24)/t16-/m0/s1. The summed E-state index contributed by atoms with van der Waals surface area (Å²) < 4.78 is 5.64. The molecule has 2 aromatic rings. The Bertz CT molecular complexity index is 862. The average Bonchev–Trinajstić information content (AvgIpc) is 3.24. The predicted octanol–water partition coefficient (Wildman–Crippen LogP) is 3.73. The lowest BCUT2D eigenvalue weighted by Gasteiger charge is -2.19. The molecule has 2 heterocycles. The van der Waals surface area contributed by atoms with Crippen LogP contribution in [-0.4, -0.2) is 36.0 Å². The number of carbonyl (C=O) groups is 2. The maximum Gasteiger partial charge on any atom is 0.256 e. The zero-order valence-corrected chi connectivity index (χ0v) is 15.0. The number of benzene rings is 2. The van der Waals surface area contributed by atoms with Crippen LogP contribution in [0.3, 0.4) is 0 Å². The number of nitrogens with one attached hydrogen (secondary N) is 1. The summed E-state index contributed by atoms with van der Waals surface area (Å²) in [5.41, 5.74) is 2.36. The van der Waals surface area contributed by atoms with Gasteiger partial charge in [-0.2, -0.15) is 0 Å². The fourth-order valence-corrected chi connectivity index (χ4v) is 3.75. The largest absolute Gasteiger partial charge is 0.376 e. The van der Waals surface area contributed by atoms with Crippen LogP contribution in [0.25, 0.3) is 0 Å². The fourth-order valence-electron chi connectivity index (χ4n) is 3.56. The summed E-state index contributed by atoms with van der Waals surface area (Å²) in [6.07, 6.45) is 2.10. The lowest BCUT2D eigenvalue weighted by molar-refractivity contribution is 0.0544. The Morgan fingerprint density at radius 2 is 2.12 bits per heavy atom. The third-order valence-corrected chi connectivity index (χ3v) is 5.02. The molecule has 0 radical (unpaired) electrons. The van der Waals surface area contributed by atoms with Gasteiger partial charge in [-0.15, -0.1) is 0 Å². The van der Waals surface area contributed by atoms with Crippen LogP contribution in [0.1, 0.15) is 39.1 Å². The number of nitrogens with zero attached hydrogens (tertiary/aromatic N) is 1. The molecule has 0 saturated carbocycles. The molecule has 5 nitrogen and oxygen atoms in total. The molecule has 26 heavy (non-hydrogen) atoms. The number of fused-ring (bicyclic) bond motifs is 1. The van der Waals surface area contributed by atoms with Crippen LogP contribution in [0.15, 0.2) is 42.5 Å². The van der Waals surface area contributed by atoms with Gasteiger partial charge in [0.1, 0.15) is 0 Å². The molecule has 134 valence electrons. The minimum Gasteiger partial charge on any atom is -0.376 e. The number of halogens is 1. The second-order valence-corrected chi connectivity index (χ2v) is 7.06. The fraction of sp³-hybridized carbons (Fsp3) is 0.300. The molecular weight excluding hydrogens is 352 g/mol. The highest BCUT2D eigenvalue weighted by Gasteiger charge is 2.33. The van der Waals surface area contributed by atoms with Crippen LogP contribution in [0, 0.1) is 0 Å². The van der Waals surface area contributed by atoms with Gasteiger partial charge in [0.05, 0.1) is 17.2 Å². The summed E-state index contributed by atoms with van der Waals surface area (Å²) in [5, 5.41) is 3.36.